The van der Waals surface area contributed by atoms with Crippen LogP contribution >= 0.6 is 0 Å². The molecule has 19 heavy (non-hydrogen) atoms. The quantitative estimate of drug-likeness (QED) is 0.886. The van der Waals surface area contributed by atoms with Crippen molar-refractivity contribution < 1.29 is 14.3 Å². The van der Waals surface area contributed by atoms with E-state index < -0.39 is 5.97 Å². The SMILES string of the molecule is Cc1cncc(-c2nnc(CC(C)CC(=O)O)o2)c1. The first-order chi connectivity index (χ1) is 9.04. The van der Waals surface area contributed by atoms with E-state index in [9.17, 15) is 4.79 Å². The molecular weight excluding hydrogens is 246 g/mol. The lowest BCUT2D eigenvalue weighted by molar-refractivity contribution is -0.137. The molecule has 1 atom stereocenters. The normalized spacial score (nSPS) is 12.3. The van der Waals surface area contributed by atoms with Gasteiger partial charge in [-0.15, -0.1) is 10.2 Å². The van der Waals surface area contributed by atoms with Crippen molar-refractivity contribution >= 4 is 5.97 Å². The Kier molecular flexibility index (Phi) is 3.89. The Morgan fingerprint density at radius 2 is 2.21 bits per heavy atom. The van der Waals surface area contributed by atoms with Gasteiger partial charge < -0.3 is 9.52 Å². The van der Waals surface area contributed by atoms with Crippen molar-refractivity contribution in [3.05, 3.63) is 29.9 Å². The van der Waals surface area contributed by atoms with Crippen LogP contribution in [-0.4, -0.2) is 26.3 Å². The van der Waals surface area contributed by atoms with Crippen molar-refractivity contribution in [2.45, 2.75) is 26.7 Å². The maximum absolute atomic E-state index is 10.6. The lowest BCUT2D eigenvalue weighted by Gasteiger charge is -2.03. The second-order valence-corrected chi connectivity index (χ2v) is 4.66. The monoisotopic (exact) mass is 261 g/mol. The summed E-state index contributed by atoms with van der Waals surface area (Å²) in [6, 6.07) is 1.91. The molecule has 0 radical (unpaired) electrons. The summed E-state index contributed by atoms with van der Waals surface area (Å²) >= 11 is 0. The molecule has 0 spiro atoms. The summed E-state index contributed by atoms with van der Waals surface area (Å²) in [7, 11) is 0. The molecule has 0 aliphatic heterocycles. The molecule has 0 bridgehead atoms. The highest BCUT2D eigenvalue weighted by atomic mass is 16.4. The number of nitrogens with zero attached hydrogens (tertiary/aromatic N) is 3. The first-order valence-electron chi connectivity index (χ1n) is 6.01. The number of hydrogen-bond acceptors (Lipinski definition) is 5. The van der Waals surface area contributed by atoms with Crippen LogP contribution in [0.1, 0.15) is 24.8 Å². The Morgan fingerprint density at radius 1 is 1.42 bits per heavy atom. The molecule has 2 rings (SSSR count). The van der Waals surface area contributed by atoms with Crippen molar-refractivity contribution in [2.75, 3.05) is 0 Å². The Labute approximate surface area is 110 Å². The highest BCUT2D eigenvalue weighted by Crippen LogP contribution is 2.19. The lowest BCUT2D eigenvalue weighted by Crippen LogP contribution is -2.07. The first kappa shape index (κ1) is 13.2. The van der Waals surface area contributed by atoms with Crippen LogP contribution in [0.25, 0.3) is 11.5 Å². The summed E-state index contributed by atoms with van der Waals surface area (Å²) in [6.07, 6.45) is 3.95. The van der Waals surface area contributed by atoms with Gasteiger partial charge in [-0.3, -0.25) is 9.78 Å². The van der Waals surface area contributed by atoms with Gasteiger partial charge in [0.15, 0.2) is 0 Å². The highest BCUT2D eigenvalue weighted by molar-refractivity contribution is 5.66. The molecule has 0 saturated heterocycles. The van der Waals surface area contributed by atoms with E-state index in [2.05, 4.69) is 15.2 Å². The number of pyridine rings is 1. The number of carboxylic acid groups (broad SMARTS) is 1. The number of hydrogen-bond donors (Lipinski definition) is 1. The minimum atomic E-state index is -0.824. The zero-order chi connectivity index (χ0) is 13.8. The van der Waals surface area contributed by atoms with Crippen LogP contribution in [0.15, 0.2) is 22.9 Å². The van der Waals surface area contributed by atoms with Gasteiger partial charge in [-0.05, 0) is 24.5 Å². The van der Waals surface area contributed by atoms with Crippen molar-refractivity contribution in [3.8, 4) is 11.5 Å². The number of aromatic nitrogens is 3. The number of rotatable bonds is 5. The molecule has 2 aromatic rings. The van der Waals surface area contributed by atoms with Crippen LogP contribution in [0.5, 0.6) is 0 Å². The maximum Gasteiger partial charge on any atom is 0.303 e. The number of aliphatic carboxylic acids is 1. The average molecular weight is 261 g/mol. The third kappa shape index (κ3) is 3.61. The van der Waals surface area contributed by atoms with Crippen LogP contribution in [0.2, 0.25) is 0 Å². The Hall–Kier alpha value is -2.24. The second-order valence-electron chi connectivity index (χ2n) is 4.66. The molecular formula is C13H15N3O3. The minimum Gasteiger partial charge on any atom is -0.481 e. The van der Waals surface area contributed by atoms with Gasteiger partial charge in [0.2, 0.25) is 11.8 Å². The van der Waals surface area contributed by atoms with E-state index in [0.717, 1.165) is 11.1 Å². The Bertz CT molecular complexity index is 580. The summed E-state index contributed by atoms with van der Waals surface area (Å²) in [5, 5.41) is 16.6. The molecule has 0 saturated carbocycles. The molecule has 100 valence electrons. The Morgan fingerprint density at radius 3 is 2.89 bits per heavy atom. The number of aryl methyl sites for hydroxylation is 1. The van der Waals surface area contributed by atoms with Crippen molar-refractivity contribution in [1.29, 1.82) is 0 Å². The molecule has 0 amide bonds. The van der Waals surface area contributed by atoms with Crippen LogP contribution in [0.3, 0.4) is 0 Å². The van der Waals surface area contributed by atoms with Gasteiger partial charge in [-0.2, -0.15) is 0 Å². The van der Waals surface area contributed by atoms with E-state index in [0.29, 0.717) is 18.2 Å². The molecule has 1 N–H and O–H groups in total. The van der Waals surface area contributed by atoms with Crippen molar-refractivity contribution in [1.82, 2.24) is 15.2 Å². The maximum atomic E-state index is 10.6. The third-order valence-electron chi connectivity index (χ3n) is 2.63. The molecule has 0 aromatic carbocycles. The number of carboxylic acids is 1. The zero-order valence-corrected chi connectivity index (χ0v) is 10.8. The van der Waals surface area contributed by atoms with E-state index in [-0.39, 0.29) is 12.3 Å². The molecule has 6 heteroatoms. The zero-order valence-electron chi connectivity index (χ0n) is 10.8. The standard InChI is InChI=1S/C13H15N3O3/c1-8(5-12(17)18)4-11-15-16-13(19-11)10-3-9(2)6-14-7-10/h3,6-8H,4-5H2,1-2H3,(H,17,18). The van der Waals surface area contributed by atoms with Gasteiger partial charge in [-0.25, -0.2) is 0 Å². The molecule has 1 unspecified atom stereocenters. The lowest BCUT2D eigenvalue weighted by atomic mass is 10.0. The summed E-state index contributed by atoms with van der Waals surface area (Å²) < 4.78 is 5.52. The summed E-state index contributed by atoms with van der Waals surface area (Å²) in [5.41, 5.74) is 1.78. The highest BCUT2D eigenvalue weighted by Gasteiger charge is 2.14. The van der Waals surface area contributed by atoms with Crippen LogP contribution in [0.4, 0.5) is 0 Å². The fourth-order valence-corrected chi connectivity index (χ4v) is 1.79. The van der Waals surface area contributed by atoms with E-state index in [1.165, 1.54) is 0 Å². The van der Waals surface area contributed by atoms with Gasteiger partial charge in [0.1, 0.15) is 0 Å². The molecule has 0 fully saturated rings. The predicted molar refractivity (Wildman–Crippen MR) is 67.4 cm³/mol. The largest absolute Gasteiger partial charge is 0.481 e. The summed E-state index contributed by atoms with van der Waals surface area (Å²) in [6.45, 7) is 3.77. The number of carbonyl (C=O) groups is 1. The van der Waals surface area contributed by atoms with E-state index in [1.54, 1.807) is 12.4 Å². The van der Waals surface area contributed by atoms with E-state index >= 15 is 0 Å². The molecule has 2 aromatic heterocycles. The summed E-state index contributed by atoms with van der Waals surface area (Å²) in [5.74, 6) is -0.00413. The van der Waals surface area contributed by atoms with Crippen molar-refractivity contribution in [2.24, 2.45) is 5.92 Å². The molecule has 6 nitrogen and oxygen atoms in total. The summed E-state index contributed by atoms with van der Waals surface area (Å²) in [4.78, 5) is 14.7. The fourth-order valence-electron chi connectivity index (χ4n) is 1.79. The van der Waals surface area contributed by atoms with Gasteiger partial charge in [0.25, 0.3) is 0 Å². The van der Waals surface area contributed by atoms with Crippen LogP contribution < -0.4 is 0 Å². The molecule has 2 heterocycles. The van der Waals surface area contributed by atoms with Crippen molar-refractivity contribution in [3.63, 3.8) is 0 Å². The van der Waals surface area contributed by atoms with Crippen LogP contribution in [-0.2, 0) is 11.2 Å². The fraction of sp³-hybridized carbons (Fsp3) is 0.385. The van der Waals surface area contributed by atoms with Gasteiger partial charge in [0.05, 0.1) is 5.56 Å². The topological polar surface area (TPSA) is 89.1 Å². The van der Waals surface area contributed by atoms with E-state index in [1.807, 2.05) is 19.9 Å². The smallest absolute Gasteiger partial charge is 0.303 e. The van der Waals surface area contributed by atoms with Crippen LogP contribution in [0, 0.1) is 12.8 Å². The average Bonchev–Trinajstić information content (AvgIpc) is 2.76. The minimum absolute atomic E-state index is 0.0403. The van der Waals surface area contributed by atoms with Gasteiger partial charge >= 0.3 is 5.97 Å². The molecule has 0 aliphatic rings. The predicted octanol–water partition coefficient (Wildman–Crippen LogP) is 2.09. The third-order valence-corrected chi connectivity index (χ3v) is 2.63. The van der Waals surface area contributed by atoms with E-state index in [4.69, 9.17) is 9.52 Å². The first-order valence-corrected chi connectivity index (χ1v) is 6.01. The van der Waals surface area contributed by atoms with Gasteiger partial charge in [-0.1, -0.05) is 6.92 Å². The van der Waals surface area contributed by atoms with Gasteiger partial charge in [0, 0.05) is 25.2 Å². The second kappa shape index (κ2) is 5.60. The Balaban J connectivity index is 2.09. The molecule has 0 aliphatic carbocycles.